The van der Waals surface area contributed by atoms with Crippen molar-refractivity contribution >= 4 is 0 Å². The van der Waals surface area contributed by atoms with Crippen LogP contribution >= 0.6 is 0 Å². The molecule has 2 atom stereocenters. The summed E-state index contributed by atoms with van der Waals surface area (Å²) >= 11 is 0. The van der Waals surface area contributed by atoms with Gasteiger partial charge in [-0.3, -0.25) is 0 Å². The van der Waals surface area contributed by atoms with E-state index in [1.807, 2.05) is 0 Å². The van der Waals surface area contributed by atoms with Crippen molar-refractivity contribution in [2.24, 2.45) is 5.73 Å². The molecule has 0 aromatic heterocycles. The second kappa shape index (κ2) is 8.36. The van der Waals surface area contributed by atoms with Gasteiger partial charge in [0.2, 0.25) is 0 Å². The van der Waals surface area contributed by atoms with Crippen molar-refractivity contribution in [3.05, 3.63) is 35.4 Å². The zero-order chi connectivity index (χ0) is 15.8. The number of unbranched alkanes of at least 4 members (excludes halogenated alkanes) is 4. The third-order valence-electron chi connectivity index (χ3n) is 4.73. The molecule has 0 radical (unpaired) electrons. The van der Waals surface area contributed by atoms with Gasteiger partial charge in [-0.25, -0.2) is 0 Å². The van der Waals surface area contributed by atoms with Crippen LogP contribution in [0.3, 0.4) is 0 Å². The lowest BCUT2D eigenvalue weighted by atomic mass is 9.93. The standard InChI is InChI=1S/C20H29NO/c1-2-3-4-5-6-7-8-17-9-11-18(12-10-17)19-13-14-20(21,15-19)16-22/h9-12,19,22H,2-6,13-16,21H2,1H3/t19-,20-/m1/s1. The summed E-state index contributed by atoms with van der Waals surface area (Å²) in [5.74, 6) is 7.00. The van der Waals surface area contributed by atoms with Crippen LogP contribution in [-0.4, -0.2) is 17.3 Å². The number of hydrogen-bond donors (Lipinski definition) is 2. The fraction of sp³-hybridized carbons (Fsp3) is 0.600. The first kappa shape index (κ1) is 17.1. The van der Waals surface area contributed by atoms with Crippen molar-refractivity contribution in [3.63, 3.8) is 0 Å². The van der Waals surface area contributed by atoms with Gasteiger partial charge in [0.15, 0.2) is 0 Å². The molecule has 0 aliphatic heterocycles. The van der Waals surface area contributed by atoms with Crippen LogP contribution in [-0.2, 0) is 0 Å². The van der Waals surface area contributed by atoms with E-state index in [-0.39, 0.29) is 12.1 Å². The van der Waals surface area contributed by atoms with E-state index in [1.54, 1.807) is 0 Å². The van der Waals surface area contributed by atoms with Gasteiger partial charge in [0, 0.05) is 17.5 Å². The topological polar surface area (TPSA) is 46.2 Å². The number of benzene rings is 1. The number of rotatable bonds is 6. The van der Waals surface area contributed by atoms with Crippen LogP contribution in [0, 0.1) is 11.8 Å². The molecule has 1 aromatic carbocycles. The minimum atomic E-state index is -0.373. The Bertz CT molecular complexity index is 511. The first-order valence-corrected chi connectivity index (χ1v) is 8.65. The Morgan fingerprint density at radius 1 is 1.23 bits per heavy atom. The van der Waals surface area contributed by atoms with Crippen molar-refractivity contribution in [1.29, 1.82) is 0 Å². The second-order valence-electron chi connectivity index (χ2n) is 6.69. The van der Waals surface area contributed by atoms with Crippen LogP contribution in [0.15, 0.2) is 24.3 Å². The molecule has 1 aliphatic rings. The number of aliphatic hydroxyl groups excluding tert-OH is 1. The number of hydrogen-bond acceptors (Lipinski definition) is 2. The Morgan fingerprint density at radius 2 is 2.00 bits per heavy atom. The maximum absolute atomic E-state index is 9.37. The Kier molecular flexibility index (Phi) is 6.49. The Balaban J connectivity index is 1.85. The average molecular weight is 299 g/mol. The van der Waals surface area contributed by atoms with Crippen LogP contribution in [0.2, 0.25) is 0 Å². The number of nitrogens with two attached hydrogens (primary N) is 1. The van der Waals surface area contributed by atoms with Crippen LogP contribution in [0.25, 0.3) is 0 Å². The van der Waals surface area contributed by atoms with Crippen LogP contribution in [0.5, 0.6) is 0 Å². The van der Waals surface area contributed by atoms with Crippen molar-refractivity contribution in [2.75, 3.05) is 6.61 Å². The van der Waals surface area contributed by atoms with Crippen LogP contribution in [0.4, 0.5) is 0 Å². The smallest absolute Gasteiger partial charge is 0.0611 e. The van der Waals surface area contributed by atoms with Gasteiger partial charge in [-0.1, -0.05) is 50.2 Å². The van der Waals surface area contributed by atoms with E-state index in [1.165, 1.54) is 31.2 Å². The van der Waals surface area contributed by atoms with E-state index in [9.17, 15) is 5.11 Å². The summed E-state index contributed by atoms with van der Waals surface area (Å²) in [5, 5.41) is 9.37. The average Bonchev–Trinajstić information content (AvgIpc) is 2.94. The summed E-state index contributed by atoms with van der Waals surface area (Å²) in [6, 6.07) is 8.58. The summed E-state index contributed by atoms with van der Waals surface area (Å²) in [5.41, 5.74) is 8.21. The molecule has 0 heterocycles. The molecule has 1 aliphatic carbocycles. The molecule has 0 spiro atoms. The summed E-state index contributed by atoms with van der Waals surface area (Å²) in [6.07, 6.45) is 8.94. The lowest BCUT2D eigenvalue weighted by Crippen LogP contribution is -2.40. The molecule has 0 bridgehead atoms. The normalized spacial score (nSPS) is 24.0. The second-order valence-corrected chi connectivity index (χ2v) is 6.69. The predicted molar refractivity (Wildman–Crippen MR) is 92.7 cm³/mol. The van der Waals surface area contributed by atoms with Crippen LogP contribution in [0.1, 0.15) is 75.3 Å². The Hall–Kier alpha value is -1.30. The molecule has 2 nitrogen and oxygen atoms in total. The molecule has 1 aromatic rings. The van der Waals surface area contributed by atoms with E-state index < -0.39 is 0 Å². The van der Waals surface area contributed by atoms with Gasteiger partial charge in [0.05, 0.1) is 6.61 Å². The first-order chi connectivity index (χ1) is 10.7. The van der Waals surface area contributed by atoms with Gasteiger partial charge >= 0.3 is 0 Å². The predicted octanol–water partition coefficient (Wildman–Crippen LogP) is 3.97. The van der Waals surface area contributed by atoms with Gasteiger partial charge in [-0.05, 0) is 49.3 Å². The highest BCUT2D eigenvalue weighted by Gasteiger charge is 2.35. The van der Waals surface area contributed by atoms with Gasteiger partial charge in [0.1, 0.15) is 0 Å². The Labute approximate surface area is 135 Å². The van der Waals surface area contributed by atoms with Crippen molar-refractivity contribution < 1.29 is 5.11 Å². The molecule has 0 saturated heterocycles. The van der Waals surface area contributed by atoms with Crippen molar-refractivity contribution in [1.82, 2.24) is 0 Å². The zero-order valence-corrected chi connectivity index (χ0v) is 13.8. The third-order valence-corrected chi connectivity index (χ3v) is 4.73. The molecule has 2 rings (SSSR count). The molecule has 1 fully saturated rings. The largest absolute Gasteiger partial charge is 0.394 e. The molecule has 1 saturated carbocycles. The number of aliphatic hydroxyl groups is 1. The fourth-order valence-corrected chi connectivity index (χ4v) is 3.23. The minimum Gasteiger partial charge on any atom is -0.394 e. The first-order valence-electron chi connectivity index (χ1n) is 8.65. The van der Waals surface area contributed by atoms with Gasteiger partial charge in [0.25, 0.3) is 0 Å². The summed E-state index contributed by atoms with van der Waals surface area (Å²) in [4.78, 5) is 0. The quantitative estimate of drug-likeness (QED) is 0.617. The summed E-state index contributed by atoms with van der Waals surface area (Å²) < 4.78 is 0. The maximum Gasteiger partial charge on any atom is 0.0611 e. The van der Waals surface area contributed by atoms with E-state index >= 15 is 0 Å². The maximum atomic E-state index is 9.37. The molecule has 120 valence electrons. The Morgan fingerprint density at radius 3 is 2.64 bits per heavy atom. The SMILES string of the molecule is CCCCCCC#Cc1ccc([C@@H]2CC[C@](N)(CO)C2)cc1. The molecule has 2 heteroatoms. The zero-order valence-electron chi connectivity index (χ0n) is 13.8. The lowest BCUT2D eigenvalue weighted by Gasteiger charge is -2.20. The monoisotopic (exact) mass is 299 g/mol. The molecule has 3 N–H and O–H groups in total. The van der Waals surface area contributed by atoms with Crippen LogP contribution < -0.4 is 5.73 Å². The third kappa shape index (κ3) is 4.87. The molecule has 0 amide bonds. The summed E-state index contributed by atoms with van der Waals surface area (Å²) in [6.45, 7) is 2.32. The van der Waals surface area contributed by atoms with E-state index in [2.05, 4.69) is 43.0 Å². The molecule has 0 unspecified atom stereocenters. The van der Waals surface area contributed by atoms with Crippen molar-refractivity contribution in [3.8, 4) is 11.8 Å². The van der Waals surface area contributed by atoms with Gasteiger partial charge in [-0.2, -0.15) is 0 Å². The van der Waals surface area contributed by atoms with Crippen molar-refractivity contribution in [2.45, 2.75) is 69.7 Å². The summed E-state index contributed by atoms with van der Waals surface area (Å²) in [7, 11) is 0. The highest BCUT2D eigenvalue weighted by Crippen LogP contribution is 2.39. The van der Waals surface area contributed by atoms with E-state index in [0.717, 1.165) is 31.2 Å². The highest BCUT2D eigenvalue weighted by atomic mass is 16.3. The lowest BCUT2D eigenvalue weighted by molar-refractivity contribution is 0.198. The fourth-order valence-electron chi connectivity index (χ4n) is 3.23. The van der Waals surface area contributed by atoms with Gasteiger partial charge in [-0.15, -0.1) is 0 Å². The molecule has 22 heavy (non-hydrogen) atoms. The van der Waals surface area contributed by atoms with Gasteiger partial charge < -0.3 is 10.8 Å². The van der Waals surface area contributed by atoms with E-state index in [0.29, 0.717) is 5.92 Å². The molecular formula is C20H29NO. The molecular weight excluding hydrogens is 270 g/mol. The highest BCUT2D eigenvalue weighted by molar-refractivity contribution is 5.37. The van der Waals surface area contributed by atoms with E-state index in [4.69, 9.17) is 5.73 Å². The minimum absolute atomic E-state index is 0.0884.